The van der Waals surface area contributed by atoms with Crippen molar-refractivity contribution in [2.75, 3.05) is 20.7 Å². The molecule has 1 aromatic carbocycles. The molecular formula is C12H18BrNO. The smallest absolute Gasteiger partial charge is 0.133 e. The first kappa shape index (κ1) is 12.5. The molecule has 2 nitrogen and oxygen atoms in total. The Morgan fingerprint density at radius 2 is 2.13 bits per heavy atom. The fourth-order valence-electron chi connectivity index (χ4n) is 1.58. The van der Waals surface area contributed by atoms with Crippen molar-refractivity contribution in [1.82, 2.24) is 4.90 Å². The lowest BCUT2D eigenvalue weighted by Gasteiger charge is -2.16. The Balaban J connectivity index is 2.66. The molecular weight excluding hydrogens is 254 g/mol. The number of ether oxygens (including phenoxy) is 1. The molecule has 0 spiro atoms. The van der Waals surface area contributed by atoms with Gasteiger partial charge in [0.2, 0.25) is 0 Å². The Hall–Kier alpha value is -0.540. The predicted octanol–water partition coefficient (Wildman–Crippen LogP) is 3.30. The second-order valence-corrected chi connectivity index (χ2v) is 4.56. The van der Waals surface area contributed by atoms with Crippen LogP contribution in [0.15, 0.2) is 22.7 Å². The summed E-state index contributed by atoms with van der Waals surface area (Å²) in [4.78, 5) is 2.31. The van der Waals surface area contributed by atoms with Crippen molar-refractivity contribution in [3.05, 3.63) is 28.2 Å². The fraction of sp³-hybridized carbons (Fsp3) is 0.500. The van der Waals surface area contributed by atoms with Crippen molar-refractivity contribution in [2.24, 2.45) is 0 Å². The van der Waals surface area contributed by atoms with Gasteiger partial charge in [0.25, 0.3) is 0 Å². The summed E-state index contributed by atoms with van der Waals surface area (Å²) >= 11 is 3.49. The van der Waals surface area contributed by atoms with Crippen LogP contribution in [0, 0.1) is 0 Å². The molecule has 0 aliphatic carbocycles. The maximum absolute atomic E-state index is 5.19. The summed E-state index contributed by atoms with van der Waals surface area (Å²) in [7, 11) is 3.82. The van der Waals surface area contributed by atoms with E-state index in [9.17, 15) is 0 Å². The van der Waals surface area contributed by atoms with Gasteiger partial charge in [-0.25, -0.2) is 0 Å². The van der Waals surface area contributed by atoms with E-state index in [1.54, 1.807) is 7.11 Å². The quantitative estimate of drug-likeness (QED) is 0.815. The first-order chi connectivity index (χ1) is 7.17. The molecule has 0 saturated heterocycles. The highest BCUT2D eigenvalue weighted by molar-refractivity contribution is 9.10. The minimum Gasteiger partial charge on any atom is -0.496 e. The molecule has 3 heteroatoms. The Morgan fingerprint density at radius 3 is 2.67 bits per heavy atom. The highest BCUT2D eigenvalue weighted by Crippen LogP contribution is 2.25. The Morgan fingerprint density at radius 1 is 1.40 bits per heavy atom. The van der Waals surface area contributed by atoms with Gasteiger partial charge in [-0.3, -0.25) is 0 Å². The number of benzene rings is 1. The molecule has 0 aromatic heterocycles. The van der Waals surface area contributed by atoms with Gasteiger partial charge in [-0.1, -0.05) is 13.0 Å². The van der Waals surface area contributed by atoms with Crippen LogP contribution in [0.2, 0.25) is 0 Å². The van der Waals surface area contributed by atoms with Gasteiger partial charge in [-0.2, -0.15) is 0 Å². The molecule has 0 aliphatic heterocycles. The SMILES string of the molecule is CCCN(C)Cc1ccc(OC)c(Br)c1. The van der Waals surface area contributed by atoms with Crippen molar-refractivity contribution in [3.8, 4) is 5.75 Å². The van der Waals surface area contributed by atoms with Crippen LogP contribution < -0.4 is 4.74 Å². The molecule has 0 unspecified atom stereocenters. The van der Waals surface area contributed by atoms with E-state index in [4.69, 9.17) is 4.74 Å². The number of methoxy groups -OCH3 is 1. The first-order valence-electron chi connectivity index (χ1n) is 5.18. The molecule has 0 saturated carbocycles. The fourth-order valence-corrected chi connectivity index (χ4v) is 2.17. The van der Waals surface area contributed by atoms with Crippen LogP contribution in [0.3, 0.4) is 0 Å². The van der Waals surface area contributed by atoms with E-state index in [0.717, 1.165) is 23.3 Å². The summed E-state index contributed by atoms with van der Waals surface area (Å²) in [5, 5.41) is 0. The van der Waals surface area contributed by atoms with Crippen molar-refractivity contribution >= 4 is 15.9 Å². The molecule has 15 heavy (non-hydrogen) atoms. The maximum atomic E-state index is 5.19. The highest BCUT2D eigenvalue weighted by atomic mass is 79.9. The number of nitrogens with zero attached hydrogens (tertiary/aromatic N) is 1. The van der Waals surface area contributed by atoms with Gasteiger partial charge in [-0.05, 0) is 53.6 Å². The predicted molar refractivity (Wildman–Crippen MR) is 67.3 cm³/mol. The zero-order valence-electron chi connectivity index (χ0n) is 9.59. The van der Waals surface area contributed by atoms with E-state index in [1.165, 1.54) is 12.0 Å². The maximum Gasteiger partial charge on any atom is 0.133 e. The van der Waals surface area contributed by atoms with Gasteiger partial charge in [0.15, 0.2) is 0 Å². The van der Waals surface area contributed by atoms with E-state index in [1.807, 2.05) is 6.07 Å². The average Bonchev–Trinajstić information content (AvgIpc) is 2.18. The summed E-state index contributed by atoms with van der Waals surface area (Å²) in [6.07, 6.45) is 1.19. The third kappa shape index (κ3) is 3.84. The van der Waals surface area contributed by atoms with E-state index >= 15 is 0 Å². The molecule has 0 aliphatic rings. The van der Waals surface area contributed by atoms with Crippen LogP contribution in [0.4, 0.5) is 0 Å². The summed E-state index contributed by atoms with van der Waals surface area (Å²) in [6.45, 7) is 4.31. The van der Waals surface area contributed by atoms with Crippen molar-refractivity contribution in [1.29, 1.82) is 0 Å². The molecule has 0 atom stereocenters. The largest absolute Gasteiger partial charge is 0.496 e. The van der Waals surface area contributed by atoms with Crippen molar-refractivity contribution < 1.29 is 4.74 Å². The molecule has 1 rings (SSSR count). The summed E-state index contributed by atoms with van der Waals surface area (Å²) in [5.74, 6) is 0.886. The molecule has 0 heterocycles. The third-order valence-corrected chi connectivity index (χ3v) is 2.89. The molecule has 1 aromatic rings. The lowest BCUT2D eigenvalue weighted by molar-refractivity contribution is 0.327. The topological polar surface area (TPSA) is 12.5 Å². The normalized spacial score (nSPS) is 10.7. The molecule has 0 amide bonds. The van der Waals surface area contributed by atoms with Crippen molar-refractivity contribution in [2.45, 2.75) is 19.9 Å². The number of hydrogen-bond acceptors (Lipinski definition) is 2. The summed E-state index contributed by atoms with van der Waals surface area (Å²) in [6, 6.07) is 6.22. The summed E-state index contributed by atoms with van der Waals surface area (Å²) in [5.41, 5.74) is 1.30. The lowest BCUT2D eigenvalue weighted by Crippen LogP contribution is -2.18. The van der Waals surface area contributed by atoms with Crippen LogP contribution in [0.5, 0.6) is 5.75 Å². The van der Waals surface area contributed by atoms with Gasteiger partial charge in [-0.15, -0.1) is 0 Å². The monoisotopic (exact) mass is 271 g/mol. The van der Waals surface area contributed by atoms with E-state index in [-0.39, 0.29) is 0 Å². The minimum absolute atomic E-state index is 0.886. The van der Waals surface area contributed by atoms with Crippen LogP contribution in [-0.2, 0) is 6.54 Å². The van der Waals surface area contributed by atoms with E-state index in [0.29, 0.717) is 0 Å². The number of rotatable bonds is 5. The van der Waals surface area contributed by atoms with Crippen LogP contribution in [0.1, 0.15) is 18.9 Å². The summed E-state index contributed by atoms with van der Waals surface area (Å²) < 4.78 is 6.21. The van der Waals surface area contributed by atoms with E-state index in [2.05, 4.69) is 46.9 Å². The van der Waals surface area contributed by atoms with Gasteiger partial charge in [0, 0.05) is 6.54 Å². The highest BCUT2D eigenvalue weighted by Gasteiger charge is 2.03. The minimum atomic E-state index is 0.886. The Bertz CT molecular complexity index is 314. The number of hydrogen-bond donors (Lipinski definition) is 0. The zero-order valence-corrected chi connectivity index (χ0v) is 11.2. The molecule has 0 N–H and O–H groups in total. The second kappa shape index (κ2) is 6.13. The number of halogens is 1. The second-order valence-electron chi connectivity index (χ2n) is 3.71. The molecule has 0 fully saturated rings. The molecule has 84 valence electrons. The Labute approximate surface area is 100 Å². The van der Waals surface area contributed by atoms with Crippen molar-refractivity contribution in [3.63, 3.8) is 0 Å². The molecule has 0 radical (unpaired) electrons. The van der Waals surface area contributed by atoms with Crippen LogP contribution in [-0.4, -0.2) is 25.6 Å². The van der Waals surface area contributed by atoms with Crippen LogP contribution in [0.25, 0.3) is 0 Å². The van der Waals surface area contributed by atoms with Gasteiger partial charge in [0.1, 0.15) is 5.75 Å². The standard InChI is InChI=1S/C12H18BrNO/c1-4-7-14(2)9-10-5-6-12(15-3)11(13)8-10/h5-6,8H,4,7,9H2,1-3H3. The van der Waals surface area contributed by atoms with Crippen LogP contribution >= 0.6 is 15.9 Å². The molecule has 0 bridgehead atoms. The Kier molecular flexibility index (Phi) is 5.12. The van der Waals surface area contributed by atoms with E-state index < -0.39 is 0 Å². The zero-order chi connectivity index (χ0) is 11.3. The first-order valence-corrected chi connectivity index (χ1v) is 5.97. The van der Waals surface area contributed by atoms with Gasteiger partial charge >= 0.3 is 0 Å². The lowest BCUT2D eigenvalue weighted by atomic mass is 10.2. The van der Waals surface area contributed by atoms with Gasteiger partial charge in [0.05, 0.1) is 11.6 Å². The third-order valence-electron chi connectivity index (χ3n) is 2.27. The van der Waals surface area contributed by atoms with Gasteiger partial charge < -0.3 is 9.64 Å². The average molecular weight is 272 g/mol.